The first-order valence-corrected chi connectivity index (χ1v) is 10.4. The van der Waals surface area contributed by atoms with Crippen molar-refractivity contribution in [2.45, 2.75) is 19.8 Å². The summed E-state index contributed by atoms with van der Waals surface area (Å²) in [6, 6.07) is 15.1. The molecular formula is C25H19F2N3O4. The molecule has 172 valence electrons. The highest BCUT2D eigenvalue weighted by Gasteiger charge is 2.40. The molecule has 2 amide bonds. The molecule has 9 heteroatoms. The van der Waals surface area contributed by atoms with Crippen molar-refractivity contribution in [1.29, 1.82) is 0 Å². The predicted octanol–water partition coefficient (Wildman–Crippen LogP) is 5.39. The van der Waals surface area contributed by atoms with Gasteiger partial charge in [-0.3, -0.25) is 19.7 Å². The predicted molar refractivity (Wildman–Crippen MR) is 123 cm³/mol. The van der Waals surface area contributed by atoms with E-state index in [1.807, 2.05) is 26.0 Å². The maximum absolute atomic E-state index is 13.9. The van der Waals surface area contributed by atoms with Crippen LogP contribution in [0.1, 0.15) is 30.9 Å². The highest BCUT2D eigenvalue weighted by molar-refractivity contribution is 6.46. The molecular weight excluding hydrogens is 444 g/mol. The molecule has 1 aliphatic heterocycles. The molecule has 1 heterocycles. The molecule has 3 aromatic rings. The van der Waals surface area contributed by atoms with E-state index in [-0.39, 0.29) is 28.2 Å². The molecule has 1 N–H and O–H groups in total. The third-order valence-electron chi connectivity index (χ3n) is 5.46. The first-order valence-electron chi connectivity index (χ1n) is 10.4. The molecule has 34 heavy (non-hydrogen) atoms. The lowest BCUT2D eigenvalue weighted by Gasteiger charge is -2.15. The van der Waals surface area contributed by atoms with Gasteiger partial charge in [-0.25, -0.2) is 13.7 Å². The monoisotopic (exact) mass is 463 g/mol. The van der Waals surface area contributed by atoms with Crippen LogP contribution in [0.15, 0.2) is 72.4 Å². The lowest BCUT2D eigenvalue weighted by molar-refractivity contribution is -0.384. The van der Waals surface area contributed by atoms with Crippen LogP contribution in [0.2, 0.25) is 0 Å². The Kier molecular flexibility index (Phi) is 5.93. The summed E-state index contributed by atoms with van der Waals surface area (Å²) in [7, 11) is 0. The first kappa shape index (κ1) is 22.8. The molecule has 0 aliphatic carbocycles. The van der Waals surface area contributed by atoms with Gasteiger partial charge in [-0.2, -0.15) is 0 Å². The van der Waals surface area contributed by atoms with Gasteiger partial charge in [0.05, 0.1) is 16.2 Å². The fourth-order valence-electron chi connectivity index (χ4n) is 3.62. The van der Waals surface area contributed by atoms with Crippen LogP contribution in [0.3, 0.4) is 0 Å². The van der Waals surface area contributed by atoms with E-state index in [0.717, 1.165) is 28.7 Å². The van der Waals surface area contributed by atoms with Crippen molar-refractivity contribution >= 4 is 34.4 Å². The Bertz CT molecular complexity index is 1330. The number of anilines is 2. The Labute approximate surface area is 193 Å². The molecule has 0 fully saturated rings. The van der Waals surface area contributed by atoms with Crippen molar-refractivity contribution in [2.24, 2.45) is 0 Å². The smallest absolute Gasteiger partial charge is 0.282 e. The summed E-state index contributed by atoms with van der Waals surface area (Å²) < 4.78 is 27.3. The molecule has 0 unspecified atom stereocenters. The van der Waals surface area contributed by atoms with E-state index in [4.69, 9.17) is 0 Å². The van der Waals surface area contributed by atoms with Gasteiger partial charge < -0.3 is 5.32 Å². The average molecular weight is 463 g/mol. The van der Waals surface area contributed by atoms with Crippen LogP contribution in [0.4, 0.5) is 25.8 Å². The maximum atomic E-state index is 13.9. The maximum Gasteiger partial charge on any atom is 0.282 e. The van der Waals surface area contributed by atoms with Gasteiger partial charge in [0.25, 0.3) is 17.5 Å². The van der Waals surface area contributed by atoms with Gasteiger partial charge in [0, 0.05) is 23.9 Å². The first-order chi connectivity index (χ1) is 16.2. The van der Waals surface area contributed by atoms with Crippen LogP contribution in [0, 0.1) is 21.7 Å². The SMILES string of the molecule is CC(C)c1ccc(NC2=C(c3ccc([N+](=O)[O-])cc3)C(=O)N(c3ccc(F)c(F)c3)C2=O)cc1. The summed E-state index contributed by atoms with van der Waals surface area (Å²) >= 11 is 0. The zero-order chi connectivity index (χ0) is 24.6. The highest BCUT2D eigenvalue weighted by Crippen LogP contribution is 2.35. The Morgan fingerprint density at radius 3 is 2.09 bits per heavy atom. The van der Waals surface area contributed by atoms with Gasteiger partial charge in [0.1, 0.15) is 5.70 Å². The summed E-state index contributed by atoms with van der Waals surface area (Å²) in [5.74, 6) is -3.57. The molecule has 4 rings (SSSR count). The van der Waals surface area contributed by atoms with Crippen molar-refractivity contribution in [3.8, 4) is 0 Å². The van der Waals surface area contributed by atoms with Crippen LogP contribution in [0.25, 0.3) is 5.57 Å². The lowest BCUT2D eigenvalue weighted by atomic mass is 10.0. The van der Waals surface area contributed by atoms with E-state index >= 15 is 0 Å². The van der Waals surface area contributed by atoms with Gasteiger partial charge in [-0.05, 0) is 53.4 Å². The molecule has 0 saturated carbocycles. The molecule has 7 nitrogen and oxygen atoms in total. The third-order valence-corrected chi connectivity index (χ3v) is 5.46. The zero-order valence-corrected chi connectivity index (χ0v) is 18.2. The number of carbonyl (C=O) groups is 2. The largest absolute Gasteiger partial charge is 0.350 e. The Balaban J connectivity index is 1.79. The second kappa shape index (κ2) is 8.86. The van der Waals surface area contributed by atoms with Crippen molar-refractivity contribution in [3.63, 3.8) is 0 Å². The molecule has 0 radical (unpaired) electrons. The molecule has 3 aromatic carbocycles. The van der Waals surface area contributed by atoms with E-state index in [9.17, 15) is 28.5 Å². The van der Waals surface area contributed by atoms with Gasteiger partial charge in [0.2, 0.25) is 0 Å². The summed E-state index contributed by atoms with van der Waals surface area (Å²) in [5.41, 5.74) is 1.42. The standard InChI is InChI=1S/C25H19F2N3O4/c1-14(2)15-3-7-17(8-4-15)28-23-22(16-5-9-18(10-6-16)30(33)34)24(31)29(25(23)32)19-11-12-20(26)21(27)13-19/h3-14,28H,1-2H3. The minimum Gasteiger partial charge on any atom is -0.350 e. The van der Waals surface area contributed by atoms with E-state index < -0.39 is 28.4 Å². The van der Waals surface area contributed by atoms with Crippen molar-refractivity contribution < 1.29 is 23.3 Å². The number of hydrogen-bond acceptors (Lipinski definition) is 5. The number of halogens is 2. The second-order valence-electron chi connectivity index (χ2n) is 8.00. The second-order valence-corrected chi connectivity index (χ2v) is 8.00. The number of carbonyl (C=O) groups excluding carboxylic acids is 2. The normalized spacial score (nSPS) is 13.7. The summed E-state index contributed by atoms with van der Waals surface area (Å²) in [4.78, 5) is 37.8. The summed E-state index contributed by atoms with van der Waals surface area (Å²) in [5, 5.41) is 14.0. The fraction of sp³-hybridized carbons (Fsp3) is 0.120. The van der Waals surface area contributed by atoms with Crippen LogP contribution >= 0.6 is 0 Å². The van der Waals surface area contributed by atoms with Crippen LogP contribution in [-0.4, -0.2) is 16.7 Å². The molecule has 0 spiro atoms. The molecule has 0 bridgehead atoms. The fourth-order valence-corrected chi connectivity index (χ4v) is 3.62. The zero-order valence-electron chi connectivity index (χ0n) is 18.2. The molecule has 0 atom stereocenters. The number of non-ortho nitro benzene ring substituents is 1. The Morgan fingerprint density at radius 1 is 0.882 bits per heavy atom. The topological polar surface area (TPSA) is 92.6 Å². The van der Waals surface area contributed by atoms with Crippen LogP contribution in [-0.2, 0) is 9.59 Å². The molecule has 1 aliphatic rings. The minimum absolute atomic E-state index is 0.0439. The van der Waals surface area contributed by atoms with Gasteiger partial charge in [-0.1, -0.05) is 26.0 Å². The van der Waals surface area contributed by atoms with E-state index in [2.05, 4.69) is 5.32 Å². The minimum atomic E-state index is -1.21. The summed E-state index contributed by atoms with van der Waals surface area (Å²) in [6.07, 6.45) is 0. The van der Waals surface area contributed by atoms with Crippen molar-refractivity contribution in [3.05, 3.63) is 105 Å². The average Bonchev–Trinajstić information content (AvgIpc) is 3.05. The third kappa shape index (κ3) is 4.15. The van der Waals surface area contributed by atoms with Crippen LogP contribution in [0.5, 0.6) is 0 Å². The number of nitro benzene ring substituents is 1. The van der Waals surface area contributed by atoms with Gasteiger partial charge in [0.15, 0.2) is 11.6 Å². The number of nitrogens with zero attached hydrogens (tertiary/aromatic N) is 2. The number of benzene rings is 3. The van der Waals surface area contributed by atoms with E-state index in [1.54, 1.807) is 12.1 Å². The van der Waals surface area contributed by atoms with Crippen molar-refractivity contribution in [2.75, 3.05) is 10.2 Å². The number of nitro groups is 1. The van der Waals surface area contributed by atoms with E-state index in [1.165, 1.54) is 24.3 Å². The summed E-state index contributed by atoms with van der Waals surface area (Å²) in [6.45, 7) is 4.08. The number of amides is 2. The van der Waals surface area contributed by atoms with E-state index in [0.29, 0.717) is 11.6 Å². The Morgan fingerprint density at radius 2 is 1.53 bits per heavy atom. The highest BCUT2D eigenvalue weighted by atomic mass is 19.2. The number of nitrogens with one attached hydrogen (secondary N) is 1. The number of hydrogen-bond donors (Lipinski definition) is 1. The number of rotatable bonds is 6. The molecule has 0 aromatic heterocycles. The van der Waals surface area contributed by atoms with Crippen molar-refractivity contribution in [1.82, 2.24) is 0 Å². The van der Waals surface area contributed by atoms with Crippen LogP contribution < -0.4 is 10.2 Å². The number of imide groups is 1. The lowest BCUT2D eigenvalue weighted by Crippen LogP contribution is -2.32. The molecule has 0 saturated heterocycles. The van der Waals surface area contributed by atoms with Gasteiger partial charge >= 0.3 is 0 Å². The Hall–Kier alpha value is -4.40. The quantitative estimate of drug-likeness (QED) is 0.301. The van der Waals surface area contributed by atoms with Gasteiger partial charge in [-0.15, -0.1) is 0 Å².